The molecule has 2 fully saturated rings. The zero-order valence-corrected chi connectivity index (χ0v) is 17.3. The Morgan fingerprint density at radius 2 is 1.93 bits per heavy atom. The van der Waals surface area contributed by atoms with Gasteiger partial charge in [0.15, 0.2) is 0 Å². The van der Waals surface area contributed by atoms with Gasteiger partial charge in [-0.2, -0.15) is 0 Å². The van der Waals surface area contributed by atoms with Crippen molar-refractivity contribution in [1.29, 1.82) is 0 Å². The second-order valence-corrected chi connectivity index (χ2v) is 9.75. The van der Waals surface area contributed by atoms with Crippen molar-refractivity contribution in [2.75, 3.05) is 37.0 Å². The first-order chi connectivity index (χ1) is 14.1. The molecular formula is C23H29N3O3S. The van der Waals surface area contributed by atoms with Gasteiger partial charge in [-0.05, 0) is 48.8 Å². The summed E-state index contributed by atoms with van der Waals surface area (Å²) in [5.74, 6) is 3.76. The van der Waals surface area contributed by atoms with Crippen molar-refractivity contribution in [2.45, 2.75) is 38.5 Å². The Bertz CT molecular complexity index is 984. The number of nitrogens with one attached hydrogen (secondary N) is 1. The molecule has 160 valence electrons. The standard InChI is InChI=1S/C22H25N3O3S.CH4/c1-28-17-4-2-3-16(12-17)24-21-20-15-6-5-14(11-15)19(20)18(13-23-21)22(26)25-7-9-29(27)10-8-25;/h2-4,12-15H,5-11H2,1H3,(H,23,24);1H4. The minimum atomic E-state index is -0.793. The molecule has 0 spiro atoms. The Kier molecular flexibility index (Phi) is 5.82. The molecule has 0 radical (unpaired) electrons. The Balaban J connectivity index is 0.00000218. The van der Waals surface area contributed by atoms with Gasteiger partial charge in [0.1, 0.15) is 11.6 Å². The minimum absolute atomic E-state index is 0. The van der Waals surface area contributed by atoms with Gasteiger partial charge in [0.2, 0.25) is 0 Å². The first-order valence-corrected chi connectivity index (χ1v) is 11.7. The Morgan fingerprint density at radius 3 is 2.67 bits per heavy atom. The molecule has 1 saturated heterocycles. The van der Waals surface area contributed by atoms with E-state index in [-0.39, 0.29) is 13.3 Å². The van der Waals surface area contributed by atoms with E-state index < -0.39 is 10.8 Å². The topological polar surface area (TPSA) is 71.5 Å². The van der Waals surface area contributed by atoms with Gasteiger partial charge < -0.3 is 15.0 Å². The quantitative estimate of drug-likeness (QED) is 0.797. The van der Waals surface area contributed by atoms with Crippen LogP contribution in [0.1, 0.15) is 60.0 Å². The van der Waals surface area contributed by atoms with Gasteiger partial charge in [0, 0.05) is 58.9 Å². The number of nitrogens with zero attached hydrogens (tertiary/aromatic N) is 2. The third-order valence-electron chi connectivity index (χ3n) is 6.44. The monoisotopic (exact) mass is 427 g/mol. The third-order valence-corrected chi connectivity index (χ3v) is 7.71. The summed E-state index contributed by atoms with van der Waals surface area (Å²) in [5.41, 5.74) is 4.09. The minimum Gasteiger partial charge on any atom is -0.497 e. The molecule has 2 bridgehead atoms. The lowest BCUT2D eigenvalue weighted by atomic mass is 9.88. The number of carbonyl (C=O) groups is 1. The number of hydrogen-bond acceptors (Lipinski definition) is 5. The van der Waals surface area contributed by atoms with E-state index in [4.69, 9.17) is 9.72 Å². The molecule has 1 aliphatic heterocycles. The number of fused-ring (bicyclic) bond motifs is 5. The summed E-state index contributed by atoms with van der Waals surface area (Å²) in [4.78, 5) is 19.8. The molecule has 6 nitrogen and oxygen atoms in total. The molecule has 1 aromatic heterocycles. The maximum Gasteiger partial charge on any atom is 0.255 e. The highest BCUT2D eigenvalue weighted by molar-refractivity contribution is 7.85. The zero-order valence-electron chi connectivity index (χ0n) is 16.5. The summed E-state index contributed by atoms with van der Waals surface area (Å²) in [6.45, 7) is 1.14. The summed E-state index contributed by atoms with van der Waals surface area (Å²) >= 11 is 0. The van der Waals surface area contributed by atoms with E-state index >= 15 is 0 Å². The molecule has 1 N–H and O–H groups in total. The van der Waals surface area contributed by atoms with Gasteiger partial charge in [-0.15, -0.1) is 0 Å². The van der Waals surface area contributed by atoms with Gasteiger partial charge in [-0.1, -0.05) is 13.5 Å². The van der Waals surface area contributed by atoms with Crippen LogP contribution in [0.4, 0.5) is 11.5 Å². The van der Waals surface area contributed by atoms with Crippen molar-refractivity contribution in [1.82, 2.24) is 9.88 Å². The summed E-state index contributed by atoms with van der Waals surface area (Å²) < 4.78 is 17.0. The second kappa shape index (κ2) is 8.38. The third kappa shape index (κ3) is 3.60. The highest BCUT2D eigenvalue weighted by Crippen LogP contribution is 2.56. The molecule has 2 atom stereocenters. The molecule has 30 heavy (non-hydrogen) atoms. The average molecular weight is 428 g/mol. The van der Waals surface area contributed by atoms with Crippen LogP contribution < -0.4 is 10.1 Å². The van der Waals surface area contributed by atoms with E-state index in [1.807, 2.05) is 29.2 Å². The number of ether oxygens (including phenoxy) is 1. The van der Waals surface area contributed by atoms with E-state index in [9.17, 15) is 9.00 Å². The van der Waals surface area contributed by atoms with Crippen molar-refractivity contribution < 1.29 is 13.7 Å². The number of aromatic nitrogens is 1. The normalized spacial score (nSPS) is 22.4. The highest BCUT2D eigenvalue weighted by Gasteiger charge is 2.42. The fourth-order valence-corrected chi connectivity index (χ4v) is 6.07. The van der Waals surface area contributed by atoms with E-state index in [0.29, 0.717) is 36.4 Å². The van der Waals surface area contributed by atoms with Crippen LogP contribution in [0.5, 0.6) is 5.75 Å². The van der Waals surface area contributed by atoms with E-state index in [0.717, 1.165) is 42.1 Å². The Hall–Kier alpha value is -2.41. The molecule has 7 heteroatoms. The number of rotatable bonds is 4. The summed E-state index contributed by atoms with van der Waals surface area (Å²) in [7, 11) is 0.864. The number of hydrogen-bond donors (Lipinski definition) is 1. The molecule has 2 aliphatic carbocycles. The predicted molar refractivity (Wildman–Crippen MR) is 120 cm³/mol. The van der Waals surface area contributed by atoms with Crippen LogP contribution in [-0.4, -0.2) is 51.7 Å². The molecule has 3 aliphatic rings. The molecule has 2 unspecified atom stereocenters. The zero-order chi connectivity index (χ0) is 20.0. The average Bonchev–Trinajstić information content (AvgIpc) is 3.37. The summed E-state index contributed by atoms with van der Waals surface area (Å²) in [5, 5.41) is 3.46. The lowest BCUT2D eigenvalue weighted by Crippen LogP contribution is -2.42. The maximum absolute atomic E-state index is 13.2. The van der Waals surface area contributed by atoms with Gasteiger partial charge in [0.05, 0.1) is 12.7 Å². The van der Waals surface area contributed by atoms with Gasteiger partial charge in [-0.3, -0.25) is 9.00 Å². The van der Waals surface area contributed by atoms with Gasteiger partial charge in [-0.25, -0.2) is 4.98 Å². The van der Waals surface area contributed by atoms with E-state index in [1.54, 1.807) is 13.3 Å². The van der Waals surface area contributed by atoms with E-state index in [1.165, 1.54) is 11.1 Å². The fourth-order valence-electron chi connectivity index (χ4n) is 5.02. The SMILES string of the molecule is C.COc1cccc(Nc2ncc(C(=O)N3CCS(=O)CC3)c3c2C2CCC3C2)c1. The molecule has 5 rings (SSSR count). The molecule has 1 amide bonds. The lowest BCUT2D eigenvalue weighted by Gasteiger charge is -2.29. The number of amides is 1. The number of anilines is 2. The molecular weight excluding hydrogens is 398 g/mol. The molecule has 1 saturated carbocycles. The number of methoxy groups -OCH3 is 1. The van der Waals surface area contributed by atoms with Crippen LogP contribution >= 0.6 is 0 Å². The molecule has 2 aromatic rings. The summed E-state index contributed by atoms with van der Waals surface area (Å²) in [6, 6.07) is 7.81. The predicted octanol–water partition coefficient (Wildman–Crippen LogP) is 4.04. The number of pyridine rings is 1. The van der Waals surface area contributed by atoms with E-state index in [2.05, 4.69) is 5.32 Å². The Labute approximate surface area is 180 Å². The highest BCUT2D eigenvalue weighted by atomic mass is 32.2. The van der Waals surface area contributed by atoms with Crippen molar-refractivity contribution in [3.8, 4) is 5.75 Å². The van der Waals surface area contributed by atoms with Crippen molar-refractivity contribution in [2.24, 2.45) is 0 Å². The van der Waals surface area contributed by atoms with Crippen LogP contribution in [-0.2, 0) is 10.8 Å². The maximum atomic E-state index is 13.2. The largest absolute Gasteiger partial charge is 0.497 e. The second-order valence-electron chi connectivity index (χ2n) is 8.05. The van der Waals surface area contributed by atoms with Crippen LogP contribution in [0, 0.1) is 0 Å². The number of carbonyl (C=O) groups excluding carboxylic acids is 1. The van der Waals surface area contributed by atoms with Crippen LogP contribution in [0.25, 0.3) is 0 Å². The van der Waals surface area contributed by atoms with Gasteiger partial charge in [0.25, 0.3) is 5.91 Å². The molecule has 1 aromatic carbocycles. The van der Waals surface area contributed by atoms with Gasteiger partial charge >= 0.3 is 0 Å². The Morgan fingerprint density at radius 1 is 1.20 bits per heavy atom. The first kappa shape index (κ1) is 20.8. The first-order valence-electron chi connectivity index (χ1n) is 10.2. The molecule has 2 heterocycles. The van der Waals surface area contributed by atoms with Crippen LogP contribution in [0.2, 0.25) is 0 Å². The summed E-state index contributed by atoms with van der Waals surface area (Å²) in [6.07, 6.45) is 5.16. The van der Waals surface area contributed by atoms with Crippen molar-refractivity contribution in [3.05, 3.63) is 47.2 Å². The smallest absolute Gasteiger partial charge is 0.255 e. The fraction of sp³-hybridized carbons (Fsp3) is 0.478. The van der Waals surface area contributed by atoms with Crippen LogP contribution in [0.15, 0.2) is 30.5 Å². The van der Waals surface area contributed by atoms with Crippen LogP contribution in [0.3, 0.4) is 0 Å². The van der Waals surface area contributed by atoms with Crippen molar-refractivity contribution >= 4 is 28.2 Å². The lowest BCUT2D eigenvalue weighted by molar-refractivity contribution is 0.0769. The van der Waals surface area contributed by atoms with Crippen molar-refractivity contribution in [3.63, 3.8) is 0 Å². The number of benzene rings is 1.